The fraction of sp³-hybridized carbons (Fsp3) is 0.214. The molecule has 0 unspecified atom stereocenters. The monoisotopic (exact) mass is 383 g/mol. The van der Waals surface area contributed by atoms with Crippen molar-refractivity contribution in [2.75, 3.05) is 7.05 Å². The first kappa shape index (κ1) is 16.4. The molecule has 2 N–H and O–H groups in total. The van der Waals surface area contributed by atoms with E-state index in [0.29, 0.717) is 13.1 Å². The molecule has 0 spiro atoms. The minimum absolute atomic E-state index is 0. The summed E-state index contributed by atoms with van der Waals surface area (Å²) >= 11 is 0. The fourth-order valence-corrected chi connectivity index (χ4v) is 1.57. The highest BCUT2D eigenvalue weighted by molar-refractivity contribution is 14.0. The van der Waals surface area contributed by atoms with Gasteiger partial charge in [-0.05, 0) is 24.3 Å². The van der Waals surface area contributed by atoms with Crippen LogP contribution in [0.1, 0.15) is 11.4 Å². The van der Waals surface area contributed by atoms with Crippen molar-refractivity contribution in [1.29, 1.82) is 0 Å². The number of aromatic nitrogens is 2. The summed E-state index contributed by atoms with van der Waals surface area (Å²) in [6, 6.07) is 11.7. The molecule has 0 saturated heterocycles. The van der Waals surface area contributed by atoms with E-state index in [4.69, 9.17) is 0 Å². The van der Waals surface area contributed by atoms with E-state index in [9.17, 15) is 0 Å². The lowest BCUT2D eigenvalue weighted by Crippen LogP contribution is -2.36. The molecule has 2 heterocycles. The van der Waals surface area contributed by atoms with E-state index in [2.05, 4.69) is 25.6 Å². The topological polar surface area (TPSA) is 62.2 Å². The number of rotatable bonds is 4. The summed E-state index contributed by atoms with van der Waals surface area (Å²) < 4.78 is 0. The molecule has 0 aliphatic heterocycles. The van der Waals surface area contributed by atoms with Crippen molar-refractivity contribution in [3.8, 4) is 0 Å². The number of pyridine rings is 2. The Morgan fingerprint density at radius 3 is 1.80 bits per heavy atom. The second-order valence-corrected chi connectivity index (χ2v) is 3.92. The second kappa shape index (κ2) is 9.24. The predicted molar refractivity (Wildman–Crippen MR) is 90.9 cm³/mol. The highest BCUT2D eigenvalue weighted by Crippen LogP contribution is 1.93. The minimum Gasteiger partial charge on any atom is -0.351 e. The van der Waals surface area contributed by atoms with Crippen LogP contribution in [-0.4, -0.2) is 23.0 Å². The lowest BCUT2D eigenvalue weighted by Gasteiger charge is -2.11. The number of hydrogen-bond acceptors (Lipinski definition) is 3. The highest BCUT2D eigenvalue weighted by atomic mass is 127. The van der Waals surface area contributed by atoms with E-state index >= 15 is 0 Å². The van der Waals surface area contributed by atoms with Gasteiger partial charge in [0.1, 0.15) is 0 Å². The molecule has 0 atom stereocenters. The van der Waals surface area contributed by atoms with E-state index < -0.39 is 0 Å². The zero-order valence-corrected chi connectivity index (χ0v) is 13.6. The molecule has 0 aliphatic rings. The molecular weight excluding hydrogens is 365 g/mol. The van der Waals surface area contributed by atoms with Gasteiger partial charge >= 0.3 is 0 Å². The van der Waals surface area contributed by atoms with E-state index in [1.165, 1.54) is 0 Å². The first-order valence-electron chi connectivity index (χ1n) is 6.13. The van der Waals surface area contributed by atoms with Gasteiger partial charge in [0.15, 0.2) is 5.96 Å². The van der Waals surface area contributed by atoms with Crippen molar-refractivity contribution >= 4 is 29.9 Å². The lowest BCUT2D eigenvalue weighted by molar-refractivity contribution is 0.783. The standard InChI is InChI=1S/C14H17N5.HI/c1-15-14(18-10-12-6-2-4-8-16-12)19-11-13-7-3-5-9-17-13;/h2-9H,10-11H2,1H3,(H2,15,18,19);1H. The molecule has 2 aromatic heterocycles. The van der Waals surface area contributed by atoms with Crippen molar-refractivity contribution in [3.05, 3.63) is 60.2 Å². The lowest BCUT2D eigenvalue weighted by atomic mass is 10.3. The van der Waals surface area contributed by atoms with Crippen LogP contribution in [0.25, 0.3) is 0 Å². The zero-order valence-electron chi connectivity index (χ0n) is 11.3. The molecule has 0 aliphatic carbocycles. The number of halogens is 1. The first-order valence-corrected chi connectivity index (χ1v) is 6.13. The fourth-order valence-electron chi connectivity index (χ4n) is 1.57. The summed E-state index contributed by atoms with van der Waals surface area (Å²) in [6.07, 6.45) is 3.56. The smallest absolute Gasteiger partial charge is 0.191 e. The van der Waals surface area contributed by atoms with Crippen molar-refractivity contribution in [2.24, 2.45) is 4.99 Å². The maximum absolute atomic E-state index is 4.25. The van der Waals surface area contributed by atoms with Gasteiger partial charge in [0.25, 0.3) is 0 Å². The average molecular weight is 383 g/mol. The maximum atomic E-state index is 4.25. The quantitative estimate of drug-likeness (QED) is 0.482. The van der Waals surface area contributed by atoms with Crippen molar-refractivity contribution < 1.29 is 0 Å². The predicted octanol–water partition coefficient (Wildman–Crippen LogP) is 1.96. The number of nitrogens with one attached hydrogen (secondary N) is 2. The molecule has 0 bridgehead atoms. The Morgan fingerprint density at radius 2 is 1.45 bits per heavy atom. The molecule has 5 nitrogen and oxygen atoms in total. The molecular formula is C14H18IN5. The number of guanidine groups is 1. The van der Waals surface area contributed by atoms with Gasteiger partial charge in [-0.25, -0.2) is 0 Å². The molecule has 20 heavy (non-hydrogen) atoms. The Kier molecular flexibility index (Phi) is 7.56. The van der Waals surface area contributed by atoms with Gasteiger partial charge in [0.05, 0.1) is 24.5 Å². The molecule has 0 amide bonds. The van der Waals surface area contributed by atoms with Crippen LogP contribution < -0.4 is 10.6 Å². The highest BCUT2D eigenvalue weighted by Gasteiger charge is 1.99. The average Bonchev–Trinajstić information content (AvgIpc) is 2.49. The van der Waals surface area contributed by atoms with Gasteiger partial charge in [0.2, 0.25) is 0 Å². The number of nitrogens with zero attached hydrogens (tertiary/aromatic N) is 3. The molecule has 106 valence electrons. The molecule has 0 saturated carbocycles. The SMILES string of the molecule is CN=C(NCc1ccccn1)NCc1ccccn1.I. The third-order valence-corrected chi connectivity index (χ3v) is 2.55. The number of hydrogen-bond donors (Lipinski definition) is 2. The summed E-state index contributed by atoms with van der Waals surface area (Å²) in [5, 5.41) is 6.41. The molecule has 2 aromatic rings. The minimum atomic E-state index is 0. The van der Waals surface area contributed by atoms with Crippen LogP contribution in [0.5, 0.6) is 0 Å². The van der Waals surface area contributed by atoms with Crippen LogP contribution in [-0.2, 0) is 13.1 Å². The maximum Gasteiger partial charge on any atom is 0.191 e. The molecule has 0 fully saturated rings. The molecule has 2 rings (SSSR count). The Balaban J connectivity index is 0.00000200. The Morgan fingerprint density at radius 1 is 0.950 bits per heavy atom. The van der Waals surface area contributed by atoms with Crippen LogP contribution in [0, 0.1) is 0 Å². The first-order chi connectivity index (χ1) is 9.38. The van der Waals surface area contributed by atoms with E-state index in [1.807, 2.05) is 36.4 Å². The Hall–Kier alpha value is -1.70. The van der Waals surface area contributed by atoms with Crippen LogP contribution in [0.2, 0.25) is 0 Å². The van der Waals surface area contributed by atoms with Crippen molar-refractivity contribution in [3.63, 3.8) is 0 Å². The van der Waals surface area contributed by atoms with Crippen LogP contribution in [0.15, 0.2) is 53.8 Å². The van der Waals surface area contributed by atoms with Gasteiger partial charge in [-0.1, -0.05) is 12.1 Å². The van der Waals surface area contributed by atoms with E-state index in [-0.39, 0.29) is 24.0 Å². The van der Waals surface area contributed by atoms with Gasteiger partial charge in [-0.15, -0.1) is 24.0 Å². The van der Waals surface area contributed by atoms with Gasteiger partial charge in [0, 0.05) is 19.4 Å². The third kappa shape index (κ3) is 5.52. The molecule has 0 aromatic carbocycles. The van der Waals surface area contributed by atoms with Crippen LogP contribution in [0.4, 0.5) is 0 Å². The Bertz CT molecular complexity index is 470. The summed E-state index contributed by atoms with van der Waals surface area (Å²) in [6.45, 7) is 1.28. The number of aliphatic imine (C=N–C) groups is 1. The van der Waals surface area contributed by atoms with E-state index in [0.717, 1.165) is 17.3 Å². The largest absolute Gasteiger partial charge is 0.351 e. The summed E-state index contributed by atoms with van der Waals surface area (Å²) in [5.41, 5.74) is 1.95. The normalized spacial score (nSPS) is 9.25. The van der Waals surface area contributed by atoms with Gasteiger partial charge in [-0.3, -0.25) is 15.0 Å². The van der Waals surface area contributed by atoms with Crippen molar-refractivity contribution in [1.82, 2.24) is 20.6 Å². The van der Waals surface area contributed by atoms with Gasteiger partial charge < -0.3 is 10.6 Å². The summed E-state index contributed by atoms with van der Waals surface area (Å²) in [5.74, 6) is 0.733. The van der Waals surface area contributed by atoms with Crippen LogP contribution >= 0.6 is 24.0 Å². The Labute approximate surface area is 136 Å². The van der Waals surface area contributed by atoms with Crippen LogP contribution in [0.3, 0.4) is 0 Å². The zero-order chi connectivity index (χ0) is 13.3. The summed E-state index contributed by atoms with van der Waals surface area (Å²) in [7, 11) is 1.74. The molecule has 6 heteroatoms. The third-order valence-electron chi connectivity index (χ3n) is 2.55. The van der Waals surface area contributed by atoms with Gasteiger partial charge in [-0.2, -0.15) is 0 Å². The second-order valence-electron chi connectivity index (χ2n) is 3.92. The molecule has 0 radical (unpaired) electrons. The summed E-state index contributed by atoms with van der Waals surface area (Å²) in [4.78, 5) is 12.6. The van der Waals surface area contributed by atoms with Crippen molar-refractivity contribution in [2.45, 2.75) is 13.1 Å². The van der Waals surface area contributed by atoms with E-state index in [1.54, 1.807) is 19.4 Å².